The second-order valence-corrected chi connectivity index (χ2v) is 3.26. The summed E-state index contributed by atoms with van der Waals surface area (Å²) >= 11 is 0. The molecule has 1 aromatic rings. The zero-order chi connectivity index (χ0) is 11.1. The summed E-state index contributed by atoms with van der Waals surface area (Å²) in [6, 6.07) is 9.22. The second-order valence-electron chi connectivity index (χ2n) is 3.26. The van der Waals surface area contributed by atoms with E-state index in [1.165, 1.54) is 6.92 Å². The summed E-state index contributed by atoms with van der Waals surface area (Å²) in [4.78, 5) is 13.7. The van der Waals surface area contributed by atoms with Gasteiger partial charge in [0.2, 0.25) is 5.39 Å². The minimum absolute atomic E-state index is 0.112. The molecule has 0 saturated carbocycles. The normalized spacial score (nSPS) is 11.5. The average molecular weight is 205 g/mol. The van der Waals surface area contributed by atoms with Crippen LogP contribution in [0.25, 0.3) is 4.98 Å². The van der Waals surface area contributed by atoms with E-state index in [4.69, 9.17) is 10.1 Å². The Kier molecular flexibility index (Phi) is 4.30. The minimum Gasteiger partial charge on any atom is -0.457 e. The fraction of sp³-hybridized carbons (Fsp3) is 0.364. The first kappa shape index (κ1) is 11.2. The van der Waals surface area contributed by atoms with Crippen molar-refractivity contribution in [2.24, 2.45) is 0 Å². The quantitative estimate of drug-likeness (QED) is 0.558. The van der Waals surface area contributed by atoms with Crippen molar-refractivity contribution in [2.45, 2.75) is 19.4 Å². The Morgan fingerprint density at radius 3 is 2.67 bits per heavy atom. The first-order valence-electron chi connectivity index (χ1n) is 4.74. The molecule has 0 aliphatic heterocycles. The predicted molar refractivity (Wildman–Crippen MR) is 55.7 cm³/mol. The largest absolute Gasteiger partial charge is 0.457 e. The van der Waals surface area contributed by atoms with Crippen molar-refractivity contribution < 1.29 is 9.53 Å². The average Bonchev–Trinajstić information content (AvgIpc) is 2.25. The monoisotopic (exact) mass is 205 g/mol. The summed E-state index contributed by atoms with van der Waals surface area (Å²) < 4.78 is 4.77. The third-order valence-electron chi connectivity index (χ3n) is 1.96. The van der Waals surface area contributed by atoms with E-state index in [9.17, 15) is 4.79 Å². The van der Waals surface area contributed by atoms with Crippen molar-refractivity contribution in [2.75, 3.05) is 6.61 Å². The van der Waals surface area contributed by atoms with E-state index in [-0.39, 0.29) is 12.6 Å². The molecule has 0 aliphatic carbocycles. The van der Waals surface area contributed by atoms with Crippen LogP contribution in [0.2, 0.25) is 0 Å². The Balaban J connectivity index is 2.48. The van der Waals surface area contributed by atoms with Crippen LogP contribution in [0.5, 0.6) is 0 Å². The highest BCUT2D eigenvalue weighted by molar-refractivity contribution is 5.65. The van der Waals surface area contributed by atoms with Crippen LogP contribution in [-0.2, 0) is 16.0 Å². The molecule has 0 N–H and O–H groups in total. The third kappa shape index (κ3) is 4.23. The third-order valence-corrected chi connectivity index (χ3v) is 1.96. The van der Waals surface area contributed by atoms with Crippen LogP contribution in [0, 0.1) is 5.39 Å². The number of nitrogens with zero attached hydrogens (tertiary/aromatic N) is 2. The predicted octanol–water partition coefficient (Wildman–Crippen LogP) is 2.01. The van der Waals surface area contributed by atoms with E-state index >= 15 is 0 Å². The molecule has 0 bridgehead atoms. The number of carbonyl (C=O) groups is 1. The van der Waals surface area contributed by atoms with E-state index in [2.05, 4.69) is 4.98 Å². The molecule has 0 heterocycles. The first-order valence-corrected chi connectivity index (χ1v) is 4.74. The topological polar surface area (TPSA) is 54.5 Å². The van der Waals surface area contributed by atoms with Crippen LogP contribution in [0.1, 0.15) is 12.5 Å². The first-order chi connectivity index (χ1) is 7.22. The van der Waals surface area contributed by atoms with Crippen molar-refractivity contribution in [3.63, 3.8) is 0 Å². The van der Waals surface area contributed by atoms with Crippen LogP contribution in [0.15, 0.2) is 30.3 Å². The van der Waals surface area contributed by atoms with Crippen LogP contribution in [0.4, 0.5) is 0 Å². The van der Waals surface area contributed by atoms with E-state index < -0.39 is 6.04 Å². The molecule has 0 aliphatic rings. The number of rotatable bonds is 4. The van der Waals surface area contributed by atoms with Gasteiger partial charge in [-0.05, 0) is 5.56 Å². The number of hydrogen-bond acceptors (Lipinski definition) is 3. The summed E-state index contributed by atoms with van der Waals surface area (Å²) in [5.74, 6) is -0.364. The highest BCUT2D eigenvalue weighted by Crippen LogP contribution is 2.06. The fourth-order valence-electron chi connectivity index (χ4n) is 1.23. The maximum Gasteiger partial charge on any atom is 0.351 e. The molecule has 4 nitrogen and oxygen atoms in total. The van der Waals surface area contributed by atoms with Crippen LogP contribution in [-0.4, -0.2) is 18.6 Å². The highest BCUT2D eigenvalue weighted by Gasteiger charge is 2.21. The van der Waals surface area contributed by atoms with Gasteiger partial charge in [-0.25, -0.2) is 0 Å². The molecule has 0 saturated heterocycles. The number of hydrogen-bond donors (Lipinski definition) is 0. The molecule has 0 aromatic heterocycles. The van der Waals surface area contributed by atoms with Gasteiger partial charge in [0.25, 0.3) is 0 Å². The molecule has 1 unspecified atom stereocenters. The molecule has 1 atom stereocenters. The molecular weight excluding hydrogens is 192 g/mol. The van der Waals surface area contributed by atoms with Gasteiger partial charge in [-0.2, -0.15) is 0 Å². The number of benzene rings is 1. The highest BCUT2D eigenvalue weighted by atomic mass is 16.5. The van der Waals surface area contributed by atoms with E-state index in [1.54, 1.807) is 0 Å². The Labute approximate surface area is 88.5 Å². The molecule has 0 spiro atoms. The van der Waals surface area contributed by atoms with Crippen molar-refractivity contribution in [1.29, 1.82) is 5.39 Å². The van der Waals surface area contributed by atoms with Gasteiger partial charge in [-0.1, -0.05) is 30.3 Å². The summed E-state index contributed by atoms with van der Waals surface area (Å²) in [7, 11) is 0. The molecule has 4 heteroatoms. The van der Waals surface area contributed by atoms with Gasteiger partial charge < -0.3 is 4.74 Å². The lowest BCUT2D eigenvalue weighted by molar-refractivity contribution is -0.141. The number of carbonyl (C=O) groups excluding carboxylic acids is 1. The maximum absolute atomic E-state index is 10.6. The van der Waals surface area contributed by atoms with Crippen molar-refractivity contribution in [3.8, 4) is 0 Å². The van der Waals surface area contributed by atoms with Gasteiger partial charge in [0.1, 0.15) is 4.98 Å². The van der Waals surface area contributed by atoms with Crippen LogP contribution >= 0.6 is 0 Å². The molecule has 1 rings (SSSR count). The molecule has 0 fully saturated rings. The smallest absolute Gasteiger partial charge is 0.351 e. The number of diazo groups is 1. The molecule has 78 valence electrons. The lowest BCUT2D eigenvalue weighted by atomic mass is 10.1. The van der Waals surface area contributed by atoms with Crippen LogP contribution < -0.4 is 0 Å². The molecule has 15 heavy (non-hydrogen) atoms. The Morgan fingerprint density at radius 1 is 1.47 bits per heavy atom. The van der Waals surface area contributed by atoms with Gasteiger partial charge in [0.05, 0.1) is 6.42 Å². The lowest BCUT2D eigenvalue weighted by Gasteiger charge is -2.01. The standard InChI is InChI=1S/C11H13N2O2/c1-9(14)15-8-11(13-12)7-10-5-3-2-4-6-10/h2-6,11H,7-8H2,1H3/q+1. The lowest BCUT2D eigenvalue weighted by Crippen LogP contribution is -2.16. The summed E-state index contributed by atoms with van der Waals surface area (Å²) in [5, 5.41) is 8.73. The van der Waals surface area contributed by atoms with E-state index in [1.807, 2.05) is 30.3 Å². The van der Waals surface area contributed by atoms with Gasteiger partial charge in [0.15, 0.2) is 6.61 Å². The number of esters is 1. The Bertz CT molecular complexity index is 357. The molecule has 1 aromatic carbocycles. The number of ether oxygens (including phenoxy) is 1. The zero-order valence-electron chi connectivity index (χ0n) is 8.59. The van der Waals surface area contributed by atoms with Gasteiger partial charge in [-0.15, -0.1) is 0 Å². The molecule has 0 radical (unpaired) electrons. The SMILES string of the molecule is CC(=O)OCC(Cc1ccccc1)[N+]#N. The minimum atomic E-state index is -0.392. The van der Waals surface area contributed by atoms with Gasteiger partial charge >= 0.3 is 12.0 Å². The van der Waals surface area contributed by atoms with Gasteiger partial charge in [0, 0.05) is 6.92 Å². The second kappa shape index (κ2) is 5.76. The van der Waals surface area contributed by atoms with E-state index in [0.29, 0.717) is 6.42 Å². The summed E-state index contributed by atoms with van der Waals surface area (Å²) in [6.07, 6.45) is 0.560. The zero-order valence-corrected chi connectivity index (χ0v) is 8.59. The molecule has 0 amide bonds. The van der Waals surface area contributed by atoms with Crippen molar-refractivity contribution in [3.05, 3.63) is 40.9 Å². The van der Waals surface area contributed by atoms with Crippen LogP contribution in [0.3, 0.4) is 0 Å². The van der Waals surface area contributed by atoms with E-state index in [0.717, 1.165) is 5.56 Å². The van der Waals surface area contributed by atoms with Gasteiger partial charge in [-0.3, -0.25) is 4.79 Å². The van der Waals surface area contributed by atoms with Crippen molar-refractivity contribution >= 4 is 5.97 Å². The summed E-state index contributed by atoms with van der Waals surface area (Å²) in [6.45, 7) is 1.44. The summed E-state index contributed by atoms with van der Waals surface area (Å²) in [5.41, 5.74) is 1.05. The molecular formula is C11H13N2O2+. The van der Waals surface area contributed by atoms with Crippen molar-refractivity contribution in [1.82, 2.24) is 0 Å². The fourth-order valence-corrected chi connectivity index (χ4v) is 1.23. The Morgan fingerprint density at radius 2 is 2.13 bits per heavy atom. The Hall–Kier alpha value is -1.89. The maximum atomic E-state index is 10.6.